The molecule has 0 amide bonds. The number of alkyl halides is 2. The molecule has 0 unspecified atom stereocenters. The second-order valence-electron chi connectivity index (χ2n) is 6.05. The number of rotatable bonds is 1. The molecule has 1 aliphatic carbocycles. The Kier molecular flexibility index (Phi) is 2.70. The molecule has 2 aromatic rings. The summed E-state index contributed by atoms with van der Waals surface area (Å²) < 4.78 is 29.6. The Morgan fingerprint density at radius 3 is 2.95 bits per heavy atom. The zero-order chi connectivity index (χ0) is 14.6. The van der Waals surface area contributed by atoms with Crippen LogP contribution < -0.4 is 0 Å². The van der Waals surface area contributed by atoms with Gasteiger partial charge in [0.05, 0.1) is 30.4 Å². The van der Waals surface area contributed by atoms with Crippen LogP contribution in [0.3, 0.4) is 0 Å². The van der Waals surface area contributed by atoms with Crippen LogP contribution in [0.15, 0.2) is 36.8 Å². The van der Waals surface area contributed by atoms with Gasteiger partial charge < -0.3 is 9.67 Å². The maximum atomic E-state index is 13.8. The van der Waals surface area contributed by atoms with Crippen molar-refractivity contribution >= 4 is 0 Å². The predicted molar refractivity (Wildman–Crippen MR) is 74.1 cm³/mol. The number of hydrogen-bond donors (Lipinski definition) is 1. The van der Waals surface area contributed by atoms with Crippen molar-refractivity contribution < 1.29 is 13.9 Å². The molecule has 0 bridgehead atoms. The highest BCUT2D eigenvalue weighted by atomic mass is 19.3. The van der Waals surface area contributed by atoms with E-state index in [1.54, 1.807) is 12.5 Å². The van der Waals surface area contributed by atoms with Crippen LogP contribution in [0.5, 0.6) is 0 Å². The van der Waals surface area contributed by atoms with Crippen molar-refractivity contribution in [3.8, 4) is 11.3 Å². The van der Waals surface area contributed by atoms with Crippen LogP contribution in [0, 0.1) is 5.92 Å². The van der Waals surface area contributed by atoms with Crippen molar-refractivity contribution in [3.63, 3.8) is 0 Å². The van der Waals surface area contributed by atoms with Gasteiger partial charge in [-0.3, -0.25) is 0 Å². The van der Waals surface area contributed by atoms with Crippen LogP contribution in [0.1, 0.15) is 30.9 Å². The molecule has 4 rings (SSSR count). The summed E-state index contributed by atoms with van der Waals surface area (Å²) in [6, 6.07) is 7.55. The van der Waals surface area contributed by atoms with Crippen molar-refractivity contribution in [2.24, 2.45) is 5.92 Å². The van der Waals surface area contributed by atoms with E-state index in [1.165, 1.54) is 0 Å². The van der Waals surface area contributed by atoms with Gasteiger partial charge >= 0.3 is 0 Å². The van der Waals surface area contributed by atoms with E-state index < -0.39 is 17.9 Å². The molecule has 1 N–H and O–H groups in total. The number of nitrogens with zero attached hydrogens (tertiary/aromatic N) is 2. The highest BCUT2D eigenvalue weighted by Gasteiger charge is 2.47. The van der Waals surface area contributed by atoms with E-state index in [0.29, 0.717) is 0 Å². The molecule has 1 fully saturated rings. The smallest absolute Gasteiger partial charge is 0.248 e. The molecule has 1 aliphatic heterocycles. The normalized spacial score (nSPS) is 30.0. The Hall–Kier alpha value is -1.75. The molecule has 0 saturated heterocycles. The van der Waals surface area contributed by atoms with Gasteiger partial charge in [-0.05, 0) is 12.0 Å². The highest BCUT2D eigenvalue weighted by Crippen LogP contribution is 2.49. The predicted octanol–water partition coefficient (Wildman–Crippen LogP) is 3.25. The second kappa shape index (κ2) is 4.37. The summed E-state index contributed by atoms with van der Waals surface area (Å²) in [7, 11) is 0. The van der Waals surface area contributed by atoms with Gasteiger partial charge in [0.25, 0.3) is 0 Å². The summed E-state index contributed by atoms with van der Waals surface area (Å²) in [4.78, 5) is 4.14. The van der Waals surface area contributed by atoms with E-state index >= 15 is 0 Å². The summed E-state index contributed by atoms with van der Waals surface area (Å²) >= 11 is 0. The van der Waals surface area contributed by atoms with E-state index in [2.05, 4.69) is 4.98 Å². The number of hydrogen-bond acceptors (Lipinski definition) is 2. The quantitative estimate of drug-likeness (QED) is 0.875. The first-order chi connectivity index (χ1) is 10.1. The van der Waals surface area contributed by atoms with Gasteiger partial charge in [0.15, 0.2) is 0 Å². The zero-order valence-electron chi connectivity index (χ0n) is 11.4. The van der Waals surface area contributed by atoms with E-state index in [-0.39, 0.29) is 25.3 Å². The minimum atomic E-state index is -2.69. The van der Waals surface area contributed by atoms with Crippen molar-refractivity contribution in [3.05, 3.63) is 42.4 Å². The SMILES string of the molecule is O[C@@H]1CCC(F)(F)C[C@@H]1[C@H]1c2ccccc2-c2cncn21. The number of fused-ring (bicyclic) bond motifs is 3. The largest absolute Gasteiger partial charge is 0.393 e. The van der Waals surface area contributed by atoms with Crippen molar-refractivity contribution in [1.29, 1.82) is 0 Å². The van der Waals surface area contributed by atoms with Crippen molar-refractivity contribution in [2.45, 2.75) is 37.3 Å². The fourth-order valence-electron chi connectivity index (χ4n) is 3.79. The Morgan fingerprint density at radius 1 is 1.29 bits per heavy atom. The number of aliphatic hydroxyl groups excluding tert-OH is 1. The molecule has 3 nitrogen and oxygen atoms in total. The lowest BCUT2D eigenvalue weighted by Crippen LogP contribution is -2.40. The summed E-state index contributed by atoms with van der Waals surface area (Å²) in [5, 5.41) is 10.3. The lowest BCUT2D eigenvalue weighted by Gasteiger charge is -2.37. The van der Waals surface area contributed by atoms with Gasteiger partial charge in [-0.15, -0.1) is 0 Å². The molecule has 2 aliphatic rings. The molecule has 1 aromatic carbocycles. The molecule has 5 heteroatoms. The molecule has 110 valence electrons. The standard InChI is InChI=1S/C16H16F2N2O/c17-16(18)6-5-14(21)12(7-16)15-11-4-2-1-3-10(11)13-8-19-9-20(13)15/h1-4,8-9,12,14-15,21H,5-7H2/t12-,14+,15+/m0/s1. The fraction of sp³-hybridized carbons (Fsp3) is 0.438. The Labute approximate surface area is 121 Å². The Morgan fingerprint density at radius 2 is 2.10 bits per heavy atom. The summed E-state index contributed by atoms with van der Waals surface area (Å²) in [6.07, 6.45) is 2.39. The summed E-state index contributed by atoms with van der Waals surface area (Å²) in [5.74, 6) is -3.17. The van der Waals surface area contributed by atoms with Crippen LogP contribution >= 0.6 is 0 Å². The van der Waals surface area contributed by atoms with Gasteiger partial charge in [0.1, 0.15) is 0 Å². The van der Waals surface area contributed by atoms with E-state index in [0.717, 1.165) is 16.8 Å². The molecule has 1 aromatic heterocycles. The molecular formula is C16H16F2N2O. The average molecular weight is 290 g/mol. The van der Waals surface area contributed by atoms with Crippen molar-refractivity contribution in [1.82, 2.24) is 9.55 Å². The molecule has 1 saturated carbocycles. The molecular weight excluding hydrogens is 274 g/mol. The van der Waals surface area contributed by atoms with Crippen LogP contribution in [0.2, 0.25) is 0 Å². The molecule has 3 atom stereocenters. The maximum absolute atomic E-state index is 13.8. The van der Waals surface area contributed by atoms with Gasteiger partial charge in [-0.25, -0.2) is 13.8 Å². The number of imidazole rings is 1. The second-order valence-corrected chi connectivity index (χ2v) is 6.05. The van der Waals surface area contributed by atoms with Gasteiger partial charge in [0.2, 0.25) is 5.92 Å². The third kappa shape index (κ3) is 1.91. The minimum absolute atomic E-state index is 0.153. The van der Waals surface area contributed by atoms with Crippen LogP contribution in [-0.4, -0.2) is 26.7 Å². The number of aromatic nitrogens is 2. The molecule has 21 heavy (non-hydrogen) atoms. The maximum Gasteiger partial charge on any atom is 0.248 e. The van der Waals surface area contributed by atoms with E-state index in [4.69, 9.17) is 0 Å². The monoisotopic (exact) mass is 290 g/mol. The first kappa shape index (κ1) is 13.0. The highest BCUT2D eigenvalue weighted by molar-refractivity contribution is 5.69. The zero-order valence-corrected chi connectivity index (χ0v) is 11.4. The molecule has 2 heterocycles. The first-order valence-corrected chi connectivity index (χ1v) is 7.24. The van der Waals surface area contributed by atoms with Gasteiger partial charge in [-0.2, -0.15) is 0 Å². The van der Waals surface area contributed by atoms with Gasteiger partial charge in [0, 0.05) is 24.3 Å². The van der Waals surface area contributed by atoms with Crippen LogP contribution in [-0.2, 0) is 0 Å². The number of benzene rings is 1. The van der Waals surface area contributed by atoms with Crippen molar-refractivity contribution in [2.75, 3.05) is 0 Å². The van der Waals surface area contributed by atoms with E-state index in [9.17, 15) is 13.9 Å². The minimum Gasteiger partial charge on any atom is -0.393 e. The first-order valence-electron chi connectivity index (χ1n) is 7.24. The fourth-order valence-corrected chi connectivity index (χ4v) is 3.79. The van der Waals surface area contributed by atoms with Crippen LogP contribution in [0.25, 0.3) is 11.3 Å². The van der Waals surface area contributed by atoms with Gasteiger partial charge in [-0.1, -0.05) is 24.3 Å². The molecule has 0 spiro atoms. The third-order valence-corrected chi connectivity index (χ3v) is 4.76. The lowest BCUT2D eigenvalue weighted by molar-refractivity contribution is -0.0990. The number of halogens is 2. The molecule has 0 radical (unpaired) electrons. The average Bonchev–Trinajstić information content (AvgIpc) is 3.02. The Balaban J connectivity index is 1.82. The van der Waals surface area contributed by atoms with E-state index in [1.807, 2.05) is 28.8 Å². The Bertz CT molecular complexity index is 682. The number of aliphatic hydroxyl groups is 1. The summed E-state index contributed by atoms with van der Waals surface area (Å²) in [6.45, 7) is 0. The third-order valence-electron chi connectivity index (χ3n) is 4.76. The topological polar surface area (TPSA) is 38.1 Å². The van der Waals surface area contributed by atoms with Crippen LogP contribution in [0.4, 0.5) is 8.78 Å². The summed E-state index contributed by atoms with van der Waals surface area (Å²) in [5.41, 5.74) is 2.98. The lowest BCUT2D eigenvalue weighted by atomic mass is 9.77.